The van der Waals surface area contributed by atoms with Crippen molar-refractivity contribution in [3.63, 3.8) is 0 Å². The molecule has 0 saturated carbocycles. The summed E-state index contributed by atoms with van der Waals surface area (Å²) in [6.07, 6.45) is 2.19. The molecule has 0 unspecified atom stereocenters. The van der Waals surface area contributed by atoms with E-state index in [0.29, 0.717) is 22.8 Å². The number of halogens is 2. The van der Waals surface area contributed by atoms with Gasteiger partial charge in [0.2, 0.25) is 0 Å². The van der Waals surface area contributed by atoms with Crippen molar-refractivity contribution in [3.05, 3.63) is 27.2 Å². The van der Waals surface area contributed by atoms with Crippen LogP contribution in [-0.2, 0) is 0 Å². The Morgan fingerprint density at radius 2 is 2.06 bits per heavy atom. The van der Waals surface area contributed by atoms with Crippen LogP contribution in [0.25, 0.3) is 0 Å². The van der Waals surface area contributed by atoms with Gasteiger partial charge >= 0.3 is 0 Å². The van der Waals surface area contributed by atoms with Crippen LogP contribution in [0, 0.1) is 0 Å². The van der Waals surface area contributed by atoms with E-state index in [1.54, 1.807) is 12.1 Å². The Labute approximate surface area is 119 Å². The second kappa shape index (κ2) is 4.51. The molecule has 2 aliphatic rings. The number of carbonyl (C=O) groups is 1. The number of rotatable bonds is 0. The van der Waals surface area contributed by atoms with E-state index in [9.17, 15) is 4.79 Å². The molecule has 0 bridgehead atoms. The largest absolute Gasteiger partial charge is 0.485 e. The van der Waals surface area contributed by atoms with Crippen LogP contribution in [0.4, 0.5) is 0 Å². The minimum Gasteiger partial charge on any atom is -0.485 e. The van der Waals surface area contributed by atoms with E-state index in [-0.39, 0.29) is 11.4 Å². The fourth-order valence-corrected chi connectivity index (χ4v) is 3.56. The van der Waals surface area contributed by atoms with Gasteiger partial charge in [-0.3, -0.25) is 4.79 Å². The standard InChI is InChI=1S/C13H13BrClNO2/c14-10-6-8(15)5-9-11(17)7-13(18-12(9)10)1-3-16-4-2-13/h5-6,16H,1-4,7H2. The van der Waals surface area contributed by atoms with Crippen LogP contribution in [0.15, 0.2) is 16.6 Å². The van der Waals surface area contributed by atoms with Gasteiger partial charge in [-0.05, 0) is 41.2 Å². The van der Waals surface area contributed by atoms with Crippen molar-refractivity contribution in [2.24, 2.45) is 0 Å². The summed E-state index contributed by atoms with van der Waals surface area (Å²) in [5.74, 6) is 0.777. The van der Waals surface area contributed by atoms with Crippen LogP contribution in [0.5, 0.6) is 5.75 Å². The molecule has 18 heavy (non-hydrogen) atoms. The summed E-state index contributed by atoms with van der Waals surface area (Å²) >= 11 is 9.41. The summed E-state index contributed by atoms with van der Waals surface area (Å²) in [6, 6.07) is 3.46. The number of Topliss-reactive ketones (excluding diaryl/α,β-unsaturated/α-hetero) is 1. The maximum atomic E-state index is 12.3. The number of ketones is 1. The lowest BCUT2D eigenvalue weighted by Crippen LogP contribution is -2.49. The quantitative estimate of drug-likeness (QED) is 0.794. The maximum absolute atomic E-state index is 12.3. The molecule has 0 atom stereocenters. The molecular formula is C13H13BrClNO2. The third-order valence-corrected chi connectivity index (χ3v) is 4.43. The van der Waals surface area contributed by atoms with E-state index in [1.807, 2.05) is 0 Å². The summed E-state index contributed by atoms with van der Waals surface area (Å²) in [7, 11) is 0. The Balaban J connectivity index is 2.04. The lowest BCUT2D eigenvalue weighted by atomic mass is 9.83. The summed E-state index contributed by atoms with van der Waals surface area (Å²) in [4.78, 5) is 12.3. The molecule has 2 aliphatic heterocycles. The number of piperidine rings is 1. The van der Waals surface area contributed by atoms with Crippen LogP contribution in [0.2, 0.25) is 5.02 Å². The van der Waals surface area contributed by atoms with Gasteiger partial charge in [0.1, 0.15) is 11.4 Å². The van der Waals surface area contributed by atoms with Crippen LogP contribution in [0.1, 0.15) is 29.6 Å². The molecule has 5 heteroatoms. The van der Waals surface area contributed by atoms with E-state index in [2.05, 4.69) is 21.2 Å². The first-order valence-electron chi connectivity index (χ1n) is 6.02. The highest BCUT2D eigenvalue weighted by atomic mass is 79.9. The first-order valence-corrected chi connectivity index (χ1v) is 7.19. The van der Waals surface area contributed by atoms with Gasteiger partial charge in [-0.15, -0.1) is 0 Å². The zero-order valence-corrected chi connectivity index (χ0v) is 12.1. The Kier molecular flexibility index (Phi) is 3.12. The van der Waals surface area contributed by atoms with Gasteiger partial charge in [0.05, 0.1) is 16.5 Å². The van der Waals surface area contributed by atoms with E-state index in [0.717, 1.165) is 30.4 Å². The van der Waals surface area contributed by atoms with Crippen molar-refractivity contribution >= 4 is 33.3 Å². The predicted molar refractivity (Wildman–Crippen MR) is 73.6 cm³/mol. The molecule has 1 saturated heterocycles. The molecule has 1 N–H and O–H groups in total. The van der Waals surface area contributed by atoms with Gasteiger partial charge in [-0.1, -0.05) is 11.6 Å². The second-order valence-corrected chi connectivity index (χ2v) is 6.19. The molecule has 0 aliphatic carbocycles. The Morgan fingerprint density at radius 3 is 2.78 bits per heavy atom. The minimum absolute atomic E-state index is 0.126. The highest BCUT2D eigenvalue weighted by Gasteiger charge is 2.42. The molecule has 0 radical (unpaired) electrons. The van der Waals surface area contributed by atoms with Gasteiger partial charge in [-0.2, -0.15) is 0 Å². The summed E-state index contributed by atoms with van der Waals surface area (Å²) < 4.78 is 6.91. The van der Waals surface area contributed by atoms with Crippen LogP contribution in [-0.4, -0.2) is 24.5 Å². The van der Waals surface area contributed by atoms with Crippen LogP contribution in [0.3, 0.4) is 0 Å². The van der Waals surface area contributed by atoms with Crippen molar-refractivity contribution in [2.45, 2.75) is 24.9 Å². The fraction of sp³-hybridized carbons (Fsp3) is 0.462. The first kappa shape index (κ1) is 12.5. The highest BCUT2D eigenvalue weighted by Crippen LogP contribution is 2.43. The molecule has 1 fully saturated rings. The predicted octanol–water partition coefficient (Wildman–Crippen LogP) is 3.19. The number of hydrogen-bond acceptors (Lipinski definition) is 3. The van der Waals surface area contributed by atoms with Crippen molar-refractivity contribution in [1.82, 2.24) is 5.32 Å². The lowest BCUT2D eigenvalue weighted by Gasteiger charge is -2.41. The first-order chi connectivity index (χ1) is 8.60. The monoisotopic (exact) mass is 329 g/mol. The second-order valence-electron chi connectivity index (χ2n) is 4.90. The zero-order chi connectivity index (χ0) is 12.8. The molecule has 2 heterocycles. The fourth-order valence-electron chi connectivity index (χ4n) is 2.67. The van der Waals surface area contributed by atoms with Crippen molar-refractivity contribution < 1.29 is 9.53 Å². The Bertz CT molecular complexity index is 512. The van der Waals surface area contributed by atoms with E-state index < -0.39 is 0 Å². The zero-order valence-electron chi connectivity index (χ0n) is 9.76. The van der Waals surface area contributed by atoms with Gasteiger partial charge in [0.25, 0.3) is 0 Å². The molecule has 0 amide bonds. The molecule has 3 rings (SSSR count). The third-order valence-electron chi connectivity index (χ3n) is 3.62. The number of fused-ring (bicyclic) bond motifs is 1. The number of ether oxygens (including phenoxy) is 1. The number of benzene rings is 1. The summed E-state index contributed by atoms with van der Waals surface area (Å²) in [5.41, 5.74) is 0.268. The van der Waals surface area contributed by atoms with Crippen molar-refractivity contribution in [1.29, 1.82) is 0 Å². The summed E-state index contributed by atoms with van der Waals surface area (Å²) in [5, 5.41) is 3.85. The molecule has 96 valence electrons. The van der Waals surface area contributed by atoms with E-state index in [4.69, 9.17) is 16.3 Å². The minimum atomic E-state index is -0.328. The molecule has 1 aromatic carbocycles. The van der Waals surface area contributed by atoms with Crippen LogP contribution >= 0.6 is 27.5 Å². The lowest BCUT2D eigenvalue weighted by molar-refractivity contribution is 0.0181. The van der Waals surface area contributed by atoms with Gasteiger partial charge < -0.3 is 10.1 Å². The normalized spacial score (nSPS) is 21.6. The Morgan fingerprint density at radius 1 is 1.33 bits per heavy atom. The highest BCUT2D eigenvalue weighted by molar-refractivity contribution is 9.10. The summed E-state index contributed by atoms with van der Waals surface area (Å²) in [6.45, 7) is 1.79. The molecule has 1 aromatic rings. The average Bonchev–Trinajstić information content (AvgIpc) is 2.32. The molecule has 3 nitrogen and oxygen atoms in total. The van der Waals surface area contributed by atoms with E-state index >= 15 is 0 Å². The van der Waals surface area contributed by atoms with Crippen molar-refractivity contribution in [3.8, 4) is 5.75 Å². The topological polar surface area (TPSA) is 38.3 Å². The average molecular weight is 331 g/mol. The SMILES string of the molecule is O=C1CC2(CCNCC2)Oc2c(Br)cc(Cl)cc21. The van der Waals surface area contributed by atoms with Gasteiger partial charge in [0.15, 0.2) is 5.78 Å². The molecule has 0 aromatic heterocycles. The Hall–Kier alpha value is -0.580. The smallest absolute Gasteiger partial charge is 0.170 e. The number of hydrogen-bond donors (Lipinski definition) is 1. The number of carbonyl (C=O) groups excluding carboxylic acids is 1. The van der Waals surface area contributed by atoms with Gasteiger partial charge in [0, 0.05) is 17.9 Å². The van der Waals surface area contributed by atoms with Gasteiger partial charge in [-0.25, -0.2) is 0 Å². The molecule has 1 spiro atoms. The third kappa shape index (κ3) is 2.06. The van der Waals surface area contributed by atoms with Crippen molar-refractivity contribution in [2.75, 3.05) is 13.1 Å². The number of nitrogens with one attached hydrogen (secondary N) is 1. The molecular weight excluding hydrogens is 318 g/mol. The maximum Gasteiger partial charge on any atom is 0.170 e. The van der Waals surface area contributed by atoms with E-state index in [1.165, 1.54) is 0 Å². The van der Waals surface area contributed by atoms with Crippen LogP contribution < -0.4 is 10.1 Å².